The van der Waals surface area contributed by atoms with E-state index in [1.165, 1.54) is 7.11 Å². The summed E-state index contributed by atoms with van der Waals surface area (Å²) < 4.78 is 10.6. The van der Waals surface area contributed by atoms with Gasteiger partial charge in [-0.25, -0.2) is 0 Å². The van der Waals surface area contributed by atoms with Crippen LogP contribution in [0.4, 0.5) is 0 Å². The molecule has 0 fully saturated rings. The fraction of sp³-hybridized carbons (Fsp3) is 0.364. The topological polar surface area (TPSA) is 35.5 Å². The lowest BCUT2D eigenvalue weighted by Crippen LogP contribution is -2.11. The molecule has 0 aliphatic carbocycles. The molecule has 0 aliphatic rings. The van der Waals surface area contributed by atoms with E-state index < -0.39 is 0 Å². The first-order chi connectivity index (χ1) is 7.11. The monoisotopic (exact) mass is 272 g/mol. The Bertz CT molecular complexity index is 363. The van der Waals surface area contributed by atoms with E-state index in [0.717, 1.165) is 10.0 Å². The van der Waals surface area contributed by atoms with Gasteiger partial charge < -0.3 is 9.47 Å². The Morgan fingerprint density at radius 3 is 2.60 bits per heavy atom. The smallest absolute Gasteiger partial charge is 0.312 e. The Morgan fingerprint density at radius 1 is 1.40 bits per heavy atom. The van der Waals surface area contributed by atoms with Crippen molar-refractivity contribution in [2.75, 3.05) is 14.2 Å². The van der Waals surface area contributed by atoms with Crippen LogP contribution >= 0.6 is 15.9 Å². The third kappa shape index (κ3) is 2.50. The molecular formula is C11H13BrO3. The predicted molar refractivity (Wildman–Crippen MR) is 61.1 cm³/mol. The van der Waals surface area contributed by atoms with E-state index >= 15 is 0 Å². The molecule has 1 rings (SSSR count). The molecule has 0 N–H and O–H groups in total. The van der Waals surface area contributed by atoms with E-state index in [1.54, 1.807) is 14.0 Å². The minimum atomic E-state index is -0.306. The molecule has 0 saturated heterocycles. The lowest BCUT2D eigenvalue weighted by Gasteiger charge is -2.13. The predicted octanol–water partition coefficient (Wildman–Crippen LogP) is 2.73. The van der Waals surface area contributed by atoms with Crippen LogP contribution < -0.4 is 4.74 Å². The average molecular weight is 273 g/mol. The van der Waals surface area contributed by atoms with Crippen molar-refractivity contribution in [3.63, 3.8) is 0 Å². The Balaban J connectivity index is 3.09. The highest BCUT2D eigenvalue weighted by Gasteiger charge is 2.19. The Kier molecular flexibility index (Phi) is 4.15. The van der Waals surface area contributed by atoms with E-state index in [0.29, 0.717) is 5.75 Å². The number of rotatable bonds is 3. The van der Waals surface area contributed by atoms with Crippen molar-refractivity contribution in [1.82, 2.24) is 0 Å². The van der Waals surface area contributed by atoms with Crippen LogP contribution in [0.2, 0.25) is 0 Å². The van der Waals surface area contributed by atoms with Gasteiger partial charge in [-0.15, -0.1) is 0 Å². The second-order valence-corrected chi connectivity index (χ2v) is 3.90. The Hall–Kier alpha value is -1.03. The van der Waals surface area contributed by atoms with E-state index in [9.17, 15) is 4.79 Å². The maximum Gasteiger partial charge on any atom is 0.312 e. The van der Waals surface area contributed by atoms with Crippen LogP contribution in [-0.4, -0.2) is 20.2 Å². The summed E-state index contributed by atoms with van der Waals surface area (Å²) in [4.78, 5) is 11.4. The zero-order chi connectivity index (χ0) is 11.4. The number of hydrogen-bond acceptors (Lipinski definition) is 3. The molecule has 0 aliphatic heterocycles. The maximum atomic E-state index is 11.4. The fourth-order valence-electron chi connectivity index (χ4n) is 1.32. The van der Waals surface area contributed by atoms with Crippen molar-refractivity contribution in [1.29, 1.82) is 0 Å². The second kappa shape index (κ2) is 5.16. The van der Waals surface area contributed by atoms with Crippen LogP contribution in [0, 0.1) is 0 Å². The molecule has 0 spiro atoms. The van der Waals surface area contributed by atoms with Gasteiger partial charge in [-0.3, -0.25) is 4.79 Å². The molecule has 0 heterocycles. The van der Waals surface area contributed by atoms with Crippen molar-refractivity contribution in [3.8, 4) is 5.75 Å². The van der Waals surface area contributed by atoms with Gasteiger partial charge in [0.25, 0.3) is 0 Å². The minimum Gasteiger partial charge on any atom is -0.496 e. The van der Waals surface area contributed by atoms with Crippen molar-refractivity contribution in [2.45, 2.75) is 12.8 Å². The zero-order valence-corrected chi connectivity index (χ0v) is 10.5. The number of carbonyl (C=O) groups is 1. The van der Waals surface area contributed by atoms with Crippen LogP contribution in [0.15, 0.2) is 22.7 Å². The van der Waals surface area contributed by atoms with Gasteiger partial charge in [-0.1, -0.05) is 12.1 Å². The van der Waals surface area contributed by atoms with Gasteiger partial charge in [0.1, 0.15) is 5.75 Å². The molecule has 15 heavy (non-hydrogen) atoms. The van der Waals surface area contributed by atoms with Gasteiger partial charge in [0, 0.05) is 0 Å². The van der Waals surface area contributed by atoms with Gasteiger partial charge in [0.15, 0.2) is 0 Å². The van der Waals surface area contributed by atoms with Crippen molar-refractivity contribution in [2.24, 2.45) is 0 Å². The summed E-state index contributed by atoms with van der Waals surface area (Å²) in [6.07, 6.45) is 0. The molecule has 0 aromatic heterocycles. The Labute approximate surface area is 97.5 Å². The SMILES string of the molecule is COC(=O)C(C)c1cccc(OC)c1Br. The molecule has 0 radical (unpaired) electrons. The normalized spacial score (nSPS) is 12.0. The number of hydrogen-bond donors (Lipinski definition) is 0. The fourth-order valence-corrected chi connectivity index (χ4v) is 2.09. The molecule has 82 valence electrons. The molecule has 1 atom stereocenters. The summed E-state index contributed by atoms with van der Waals surface area (Å²) in [7, 11) is 2.97. The van der Waals surface area contributed by atoms with E-state index in [2.05, 4.69) is 15.9 Å². The lowest BCUT2D eigenvalue weighted by atomic mass is 10.0. The number of carbonyl (C=O) groups excluding carboxylic acids is 1. The quantitative estimate of drug-likeness (QED) is 0.794. The molecule has 0 amide bonds. The first kappa shape index (κ1) is 12.0. The summed E-state index contributed by atoms with van der Waals surface area (Å²) in [5.74, 6) is 0.145. The van der Waals surface area contributed by atoms with E-state index in [1.807, 2.05) is 18.2 Å². The minimum absolute atomic E-state index is 0.260. The summed E-state index contributed by atoms with van der Waals surface area (Å²) in [5, 5.41) is 0. The zero-order valence-electron chi connectivity index (χ0n) is 8.91. The number of esters is 1. The largest absolute Gasteiger partial charge is 0.496 e. The van der Waals surface area contributed by atoms with Crippen LogP contribution in [-0.2, 0) is 9.53 Å². The first-order valence-corrected chi connectivity index (χ1v) is 5.31. The highest BCUT2D eigenvalue weighted by Crippen LogP contribution is 2.33. The van der Waals surface area contributed by atoms with Gasteiger partial charge >= 0.3 is 5.97 Å². The first-order valence-electron chi connectivity index (χ1n) is 4.52. The van der Waals surface area contributed by atoms with Gasteiger partial charge in [-0.2, -0.15) is 0 Å². The highest BCUT2D eigenvalue weighted by molar-refractivity contribution is 9.10. The highest BCUT2D eigenvalue weighted by atomic mass is 79.9. The average Bonchev–Trinajstić information content (AvgIpc) is 2.27. The molecule has 0 bridgehead atoms. The molecule has 1 aromatic carbocycles. The molecule has 3 nitrogen and oxygen atoms in total. The third-order valence-corrected chi connectivity index (χ3v) is 3.08. The molecule has 4 heteroatoms. The molecular weight excluding hydrogens is 260 g/mol. The number of halogens is 1. The van der Waals surface area contributed by atoms with E-state index in [4.69, 9.17) is 9.47 Å². The van der Waals surface area contributed by atoms with Crippen LogP contribution in [0.1, 0.15) is 18.4 Å². The van der Waals surface area contributed by atoms with E-state index in [-0.39, 0.29) is 11.9 Å². The standard InChI is InChI=1S/C11H13BrO3/c1-7(11(13)15-3)8-5-4-6-9(14-2)10(8)12/h4-7H,1-3H3. The molecule has 0 saturated carbocycles. The van der Waals surface area contributed by atoms with Crippen LogP contribution in [0.3, 0.4) is 0 Å². The van der Waals surface area contributed by atoms with Crippen LogP contribution in [0.25, 0.3) is 0 Å². The maximum absolute atomic E-state index is 11.4. The summed E-state index contributed by atoms with van der Waals surface area (Å²) >= 11 is 3.41. The van der Waals surface area contributed by atoms with Crippen molar-refractivity contribution >= 4 is 21.9 Å². The number of methoxy groups -OCH3 is 2. The third-order valence-electron chi connectivity index (χ3n) is 2.23. The van der Waals surface area contributed by atoms with Crippen LogP contribution in [0.5, 0.6) is 5.75 Å². The van der Waals surface area contributed by atoms with Gasteiger partial charge in [0.2, 0.25) is 0 Å². The van der Waals surface area contributed by atoms with Crippen molar-refractivity contribution in [3.05, 3.63) is 28.2 Å². The Morgan fingerprint density at radius 2 is 2.07 bits per heavy atom. The molecule has 1 aromatic rings. The summed E-state index contributed by atoms with van der Waals surface area (Å²) in [6.45, 7) is 1.80. The molecule has 1 unspecified atom stereocenters. The van der Waals surface area contributed by atoms with Crippen molar-refractivity contribution < 1.29 is 14.3 Å². The van der Waals surface area contributed by atoms with Gasteiger partial charge in [-0.05, 0) is 34.5 Å². The number of ether oxygens (including phenoxy) is 2. The summed E-state index contributed by atoms with van der Waals surface area (Å²) in [5.41, 5.74) is 0.862. The van der Waals surface area contributed by atoms with Gasteiger partial charge in [0.05, 0.1) is 24.6 Å². The lowest BCUT2D eigenvalue weighted by molar-refractivity contribution is -0.142. The number of benzene rings is 1. The second-order valence-electron chi connectivity index (χ2n) is 3.11. The summed E-state index contributed by atoms with van der Waals surface area (Å²) in [6, 6.07) is 5.55.